The first-order chi connectivity index (χ1) is 9.89. The predicted molar refractivity (Wildman–Crippen MR) is 86.3 cm³/mol. The van der Waals surface area contributed by atoms with E-state index in [1.165, 1.54) is 6.26 Å². The molecule has 0 amide bonds. The fourth-order valence-electron chi connectivity index (χ4n) is 1.99. The summed E-state index contributed by atoms with van der Waals surface area (Å²) in [5.74, 6) is 5.49. The molecule has 0 unspecified atom stereocenters. The van der Waals surface area contributed by atoms with Gasteiger partial charge in [0.15, 0.2) is 9.84 Å². The van der Waals surface area contributed by atoms with Crippen LogP contribution in [0.25, 0.3) is 0 Å². The lowest BCUT2D eigenvalue weighted by molar-refractivity contribution is 0.601. The quantitative estimate of drug-likeness (QED) is 0.534. The summed E-state index contributed by atoms with van der Waals surface area (Å²) in [7, 11) is -3.04. The molecule has 0 aliphatic heterocycles. The second-order valence-electron chi connectivity index (χ2n) is 4.75. The zero-order valence-electron chi connectivity index (χ0n) is 11.5. The van der Waals surface area contributed by atoms with Crippen LogP contribution in [-0.2, 0) is 15.6 Å². The predicted octanol–water partition coefficient (Wildman–Crippen LogP) is 2.60. The molecular formula is C15H15ClN2O2S. The van der Waals surface area contributed by atoms with Gasteiger partial charge in [-0.3, -0.25) is 0 Å². The number of halogens is 1. The Labute approximate surface area is 129 Å². The average Bonchev–Trinajstić information content (AvgIpc) is 2.42. The van der Waals surface area contributed by atoms with Crippen LogP contribution in [0.15, 0.2) is 53.6 Å². The van der Waals surface area contributed by atoms with Gasteiger partial charge in [-0.15, -0.1) is 0 Å². The smallest absolute Gasteiger partial charge is 0.151 e. The van der Waals surface area contributed by atoms with Gasteiger partial charge in [0.2, 0.25) is 0 Å². The highest BCUT2D eigenvalue weighted by Crippen LogP contribution is 2.16. The van der Waals surface area contributed by atoms with Gasteiger partial charge < -0.3 is 5.84 Å². The lowest BCUT2D eigenvalue weighted by Crippen LogP contribution is -2.07. The third-order valence-corrected chi connectivity index (χ3v) is 4.01. The summed E-state index contributed by atoms with van der Waals surface area (Å²) in [6, 6.07) is 14.3. The molecule has 2 N–H and O–H groups in total. The van der Waals surface area contributed by atoms with Gasteiger partial charge >= 0.3 is 0 Å². The van der Waals surface area contributed by atoms with E-state index in [2.05, 4.69) is 5.10 Å². The van der Waals surface area contributed by atoms with E-state index in [0.29, 0.717) is 10.7 Å². The fraction of sp³-hybridized carbons (Fsp3) is 0.133. The van der Waals surface area contributed by atoms with Crippen molar-refractivity contribution >= 4 is 27.1 Å². The van der Waals surface area contributed by atoms with Crippen LogP contribution in [-0.4, -0.2) is 20.4 Å². The first kappa shape index (κ1) is 15.5. The van der Waals surface area contributed by atoms with Crippen molar-refractivity contribution in [2.45, 2.75) is 5.75 Å². The molecule has 0 aliphatic carbocycles. The van der Waals surface area contributed by atoms with E-state index in [1.807, 2.05) is 12.1 Å². The van der Waals surface area contributed by atoms with Crippen LogP contribution in [0, 0.1) is 0 Å². The molecule has 0 heterocycles. The highest BCUT2D eigenvalue weighted by atomic mass is 35.5. The van der Waals surface area contributed by atoms with Gasteiger partial charge in [-0.1, -0.05) is 48.0 Å². The molecule has 0 saturated carbocycles. The summed E-state index contributed by atoms with van der Waals surface area (Å²) in [6.45, 7) is 0. The Morgan fingerprint density at radius 2 is 1.52 bits per heavy atom. The summed E-state index contributed by atoms with van der Waals surface area (Å²) in [6.07, 6.45) is 1.21. The molecule has 2 rings (SSSR count). The van der Waals surface area contributed by atoms with Crippen LogP contribution in [0.4, 0.5) is 0 Å². The first-order valence-electron chi connectivity index (χ1n) is 6.20. The monoisotopic (exact) mass is 322 g/mol. The van der Waals surface area contributed by atoms with Crippen LogP contribution in [0.5, 0.6) is 0 Å². The number of hydrogen-bond donors (Lipinski definition) is 1. The summed E-state index contributed by atoms with van der Waals surface area (Å²) >= 11 is 5.86. The fourth-order valence-corrected chi connectivity index (χ4v) is 2.91. The van der Waals surface area contributed by atoms with Gasteiger partial charge in [0, 0.05) is 22.4 Å². The summed E-state index contributed by atoms with van der Waals surface area (Å²) < 4.78 is 22.5. The molecule has 6 heteroatoms. The molecule has 0 radical (unpaired) electrons. The second kappa shape index (κ2) is 6.28. The van der Waals surface area contributed by atoms with Crippen molar-refractivity contribution in [1.29, 1.82) is 0 Å². The summed E-state index contributed by atoms with van der Waals surface area (Å²) in [5.41, 5.74) is 3.01. The molecule has 2 aromatic carbocycles. The molecule has 110 valence electrons. The first-order valence-corrected chi connectivity index (χ1v) is 8.64. The van der Waals surface area contributed by atoms with Gasteiger partial charge in [-0.2, -0.15) is 5.10 Å². The maximum atomic E-state index is 11.3. The van der Waals surface area contributed by atoms with E-state index in [4.69, 9.17) is 17.4 Å². The Kier molecular flexibility index (Phi) is 4.65. The molecule has 0 aliphatic rings. The van der Waals surface area contributed by atoms with Gasteiger partial charge in [0.1, 0.15) is 0 Å². The van der Waals surface area contributed by atoms with E-state index in [0.717, 1.165) is 16.7 Å². The van der Waals surface area contributed by atoms with E-state index < -0.39 is 9.84 Å². The van der Waals surface area contributed by atoms with Crippen molar-refractivity contribution in [1.82, 2.24) is 0 Å². The number of nitrogens with zero attached hydrogens (tertiary/aromatic N) is 1. The minimum atomic E-state index is -3.04. The molecule has 2 aromatic rings. The maximum Gasteiger partial charge on any atom is 0.151 e. The Morgan fingerprint density at radius 3 is 1.95 bits per heavy atom. The maximum absolute atomic E-state index is 11.3. The minimum Gasteiger partial charge on any atom is -0.323 e. The van der Waals surface area contributed by atoms with Crippen molar-refractivity contribution in [2.75, 3.05) is 6.26 Å². The Morgan fingerprint density at radius 1 is 1.05 bits per heavy atom. The standard InChI is InChI=1S/C15H15ClN2O2S/c1-21(19,20)10-11-2-4-12(5-3-11)15(18-17)13-6-8-14(16)9-7-13/h2-9H,10,17H2,1H3. The lowest BCUT2D eigenvalue weighted by Gasteiger charge is -2.07. The van der Waals surface area contributed by atoms with Crippen molar-refractivity contribution in [3.05, 3.63) is 70.2 Å². The van der Waals surface area contributed by atoms with Crippen molar-refractivity contribution in [2.24, 2.45) is 10.9 Å². The number of rotatable bonds is 4. The van der Waals surface area contributed by atoms with Crippen LogP contribution in [0.1, 0.15) is 16.7 Å². The van der Waals surface area contributed by atoms with Crippen LogP contribution in [0.2, 0.25) is 5.02 Å². The third-order valence-electron chi connectivity index (χ3n) is 2.90. The van der Waals surface area contributed by atoms with Gasteiger partial charge in [0.05, 0.1) is 11.5 Å². The van der Waals surface area contributed by atoms with E-state index in [1.54, 1.807) is 36.4 Å². The summed E-state index contributed by atoms with van der Waals surface area (Å²) in [4.78, 5) is 0. The largest absolute Gasteiger partial charge is 0.323 e. The highest BCUT2D eigenvalue weighted by molar-refractivity contribution is 7.89. The molecule has 0 spiro atoms. The SMILES string of the molecule is CS(=O)(=O)Cc1ccc(C(=NN)c2ccc(Cl)cc2)cc1. The van der Waals surface area contributed by atoms with Crippen molar-refractivity contribution in [3.8, 4) is 0 Å². The molecule has 0 saturated heterocycles. The second-order valence-corrected chi connectivity index (χ2v) is 7.33. The van der Waals surface area contributed by atoms with Crippen LogP contribution >= 0.6 is 11.6 Å². The van der Waals surface area contributed by atoms with E-state index >= 15 is 0 Å². The third kappa shape index (κ3) is 4.31. The van der Waals surface area contributed by atoms with Crippen molar-refractivity contribution in [3.63, 3.8) is 0 Å². The Bertz CT molecular complexity index is 751. The van der Waals surface area contributed by atoms with E-state index in [9.17, 15) is 8.42 Å². The highest BCUT2D eigenvalue weighted by Gasteiger charge is 2.09. The molecular weight excluding hydrogens is 308 g/mol. The van der Waals surface area contributed by atoms with E-state index in [-0.39, 0.29) is 5.75 Å². The average molecular weight is 323 g/mol. The van der Waals surface area contributed by atoms with Crippen LogP contribution in [0.3, 0.4) is 0 Å². The normalized spacial score (nSPS) is 12.4. The Hall–Kier alpha value is -1.85. The molecule has 0 atom stereocenters. The van der Waals surface area contributed by atoms with Gasteiger partial charge in [-0.05, 0) is 17.7 Å². The number of nitrogens with two attached hydrogens (primary N) is 1. The summed E-state index contributed by atoms with van der Waals surface area (Å²) in [5, 5.41) is 4.46. The van der Waals surface area contributed by atoms with Crippen molar-refractivity contribution < 1.29 is 8.42 Å². The molecule has 0 fully saturated rings. The van der Waals surface area contributed by atoms with Gasteiger partial charge in [0.25, 0.3) is 0 Å². The number of hydrazone groups is 1. The number of sulfone groups is 1. The Balaban J connectivity index is 2.30. The molecule has 21 heavy (non-hydrogen) atoms. The zero-order valence-corrected chi connectivity index (χ0v) is 13.0. The number of hydrogen-bond acceptors (Lipinski definition) is 4. The minimum absolute atomic E-state index is 0.0172. The topological polar surface area (TPSA) is 72.5 Å². The molecule has 0 aromatic heterocycles. The van der Waals surface area contributed by atoms with Gasteiger partial charge in [-0.25, -0.2) is 8.42 Å². The molecule has 0 bridgehead atoms. The van der Waals surface area contributed by atoms with Crippen LogP contribution < -0.4 is 5.84 Å². The zero-order chi connectivity index (χ0) is 15.5. The molecule has 4 nitrogen and oxygen atoms in total. The lowest BCUT2D eigenvalue weighted by atomic mass is 10.0. The number of benzene rings is 2.